The van der Waals surface area contributed by atoms with Gasteiger partial charge in [-0.25, -0.2) is 8.42 Å². The first-order valence-corrected chi connectivity index (χ1v) is 11.6. The highest BCUT2D eigenvalue weighted by Gasteiger charge is 2.26. The number of anilines is 1. The molecule has 0 saturated carbocycles. The molecule has 0 bridgehead atoms. The third kappa shape index (κ3) is 4.87. The predicted molar refractivity (Wildman–Crippen MR) is 117 cm³/mol. The average molecular weight is 433 g/mol. The first kappa shape index (κ1) is 22.0. The quantitative estimate of drug-likeness (QED) is 0.727. The van der Waals surface area contributed by atoms with E-state index in [1.165, 1.54) is 0 Å². The molecular formula is C22H28N2O5S. The summed E-state index contributed by atoms with van der Waals surface area (Å²) in [6.07, 6.45) is 0. The number of carbonyl (C=O) groups excluding carboxylic acids is 1. The number of hydrogen-bond donors (Lipinski definition) is 1. The predicted octanol–water partition coefficient (Wildman–Crippen LogP) is 3.11. The third-order valence-corrected chi connectivity index (χ3v) is 6.82. The maximum Gasteiger partial charge on any atom is 0.241 e. The van der Waals surface area contributed by atoms with Gasteiger partial charge >= 0.3 is 0 Å². The number of carbonyl (C=O) groups is 1. The summed E-state index contributed by atoms with van der Waals surface area (Å²) in [6, 6.07) is 10.7. The van der Waals surface area contributed by atoms with Crippen molar-refractivity contribution in [2.24, 2.45) is 0 Å². The van der Waals surface area contributed by atoms with Gasteiger partial charge in [-0.3, -0.25) is 9.10 Å². The molecule has 0 radical (unpaired) electrons. The summed E-state index contributed by atoms with van der Waals surface area (Å²) < 4.78 is 37.7. The topological polar surface area (TPSA) is 84.9 Å². The van der Waals surface area contributed by atoms with Crippen LogP contribution in [0.4, 0.5) is 5.69 Å². The van der Waals surface area contributed by atoms with E-state index in [0.717, 1.165) is 21.0 Å². The van der Waals surface area contributed by atoms with Crippen molar-refractivity contribution in [2.45, 2.75) is 33.7 Å². The van der Waals surface area contributed by atoms with Crippen molar-refractivity contribution in [3.05, 3.63) is 53.1 Å². The zero-order chi connectivity index (χ0) is 21.9. The minimum Gasteiger partial charge on any atom is -0.486 e. The fraction of sp³-hybridized carbons (Fsp3) is 0.409. The summed E-state index contributed by atoms with van der Waals surface area (Å²) >= 11 is 0. The molecule has 0 unspecified atom stereocenters. The van der Waals surface area contributed by atoms with Crippen LogP contribution < -0.4 is 19.1 Å². The van der Waals surface area contributed by atoms with Crippen LogP contribution in [0, 0.1) is 13.8 Å². The Morgan fingerprint density at radius 1 is 1.10 bits per heavy atom. The Morgan fingerprint density at radius 2 is 1.80 bits per heavy atom. The number of hydrogen-bond acceptors (Lipinski definition) is 5. The second kappa shape index (κ2) is 8.95. The van der Waals surface area contributed by atoms with Gasteiger partial charge in [0.05, 0.1) is 17.5 Å². The third-order valence-electron chi connectivity index (χ3n) is 5.08. The lowest BCUT2D eigenvalue weighted by molar-refractivity contribution is -0.120. The molecule has 0 fully saturated rings. The van der Waals surface area contributed by atoms with Crippen LogP contribution in [-0.2, 0) is 14.8 Å². The molecule has 1 amide bonds. The van der Waals surface area contributed by atoms with Crippen LogP contribution in [0.25, 0.3) is 0 Å². The van der Waals surface area contributed by atoms with Gasteiger partial charge in [-0.15, -0.1) is 0 Å². The van der Waals surface area contributed by atoms with Gasteiger partial charge in [-0.2, -0.15) is 0 Å². The highest BCUT2D eigenvalue weighted by molar-refractivity contribution is 7.92. The minimum atomic E-state index is -3.67. The number of nitrogens with zero attached hydrogens (tertiary/aromatic N) is 1. The fourth-order valence-electron chi connectivity index (χ4n) is 3.41. The van der Waals surface area contributed by atoms with E-state index in [1.807, 2.05) is 39.0 Å². The summed E-state index contributed by atoms with van der Waals surface area (Å²) in [4.78, 5) is 12.8. The Morgan fingerprint density at radius 3 is 2.50 bits per heavy atom. The highest BCUT2D eigenvalue weighted by atomic mass is 32.2. The van der Waals surface area contributed by atoms with Crippen LogP contribution in [0.2, 0.25) is 0 Å². The second-order valence-corrected chi connectivity index (χ2v) is 9.57. The Hall–Kier alpha value is -2.74. The maximum atomic E-state index is 12.8. The Bertz CT molecular complexity index is 1040. The van der Waals surface area contributed by atoms with Gasteiger partial charge in [0.2, 0.25) is 15.9 Å². The zero-order valence-electron chi connectivity index (χ0n) is 17.8. The van der Waals surface area contributed by atoms with Crippen molar-refractivity contribution in [3.63, 3.8) is 0 Å². The number of benzene rings is 2. The van der Waals surface area contributed by atoms with Crippen LogP contribution in [-0.4, -0.2) is 39.8 Å². The Balaban J connectivity index is 1.82. The van der Waals surface area contributed by atoms with E-state index in [1.54, 1.807) is 25.1 Å². The van der Waals surface area contributed by atoms with Gasteiger partial charge in [0.1, 0.15) is 19.8 Å². The average Bonchev–Trinajstić information content (AvgIpc) is 2.73. The van der Waals surface area contributed by atoms with Crippen LogP contribution in [0.3, 0.4) is 0 Å². The molecule has 1 aliphatic heterocycles. The van der Waals surface area contributed by atoms with E-state index in [2.05, 4.69) is 5.32 Å². The first-order valence-electron chi connectivity index (χ1n) is 9.98. The van der Waals surface area contributed by atoms with E-state index in [4.69, 9.17) is 9.47 Å². The molecule has 3 rings (SSSR count). The van der Waals surface area contributed by atoms with Crippen LogP contribution in [0.1, 0.15) is 36.6 Å². The minimum absolute atomic E-state index is 0.124. The molecular weight excluding hydrogens is 404 g/mol. The van der Waals surface area contributed by atoms with E-state index >= 15 is 0 Å². The van der Waals surface area contributed by atoms with Gasteiger partial charge in [0, 0.05) is 6.07 Å². The van der Waals surface area contributed by atoms with Crippen LogP contribution >= 0.6 is 0 Å². The number of amides is 1. The molecule has 1 atom stereocenters. The van der Waals surface area contributed by atoms with Gasteiger partial charge in [0.25, 0.3) is 0 Å². The lowest BCUT2D eigenvalue weighted by Crippen LogP contribution is -2.42. The van der Waals surface area contributed by atoms with Crippen molar-refractivity contribution in [1.82, 2.24) is 5.32 Å². The van der Waals surface area contributed by atoms with E-state index < -0.39 is 10.0 Å². The van der Waals surface area contributed by atoms with Gasteiger partial charge in [-0.1, -0.05) is 23.8 Å². The summed E-state index contributed by atoms with van der Waals surface area (Å²) in [6.45, 7) is 7.95. The molecule has 1 aliphatic rings. The van der Waals surface area contributed by atoms with Crippen LogP contribution in [0.5, 0.6) is 11.5 Å². The summed E-state index contributed by atoms with van der Waals surface area (Å²) in [5, 5.41) is 2.92. The number of sulfonamides is 1. The molecule has 0 aliphatic carbocycles. The largest absolute Gasteiger partial charge is 0.486 e. The SMILES string of the molecule is CCS(=O)(=O)N(CC(=O)N[C@@H](C)c1cc(C)ccc1C)c1ccc2c(c1)OCCO2. The normalized spacial score (nSPS) is 14.1. The van der Waals surface area contributed by atoms with Crippen molar-refractivity contribution in [2.75, 3.05) is 29.8 Å². The molecule has 0 spiro atoms. The van der Waals surface area contributed by atoms with Gasteiger partial charge < -0.3 is 14.8 Å². The fourth-order valence-corrected chi connectivity index (χ4v) is 4.48. The summed E-state index contributed by atoms with van der Waals surface area (Å²) in [5.74, 6) is 0.530. The molecule has 2 aromatic rings. The molecule has 1 N–H and O–H groups in total. The number of aryl methyl sites for hydroxylation is 2. The lowest BCUT2D eigenvalue weighted by Gasteiger charge is -2.26. The monoisotopic (exact) mass is 432 g/mol. The Labute approximate surface area is 178 Å². The molecule has 7 nitrogen and oxygen atoms in total. The lowest BCUT2D eigenvalue weighted by atomic mass is 10.00. The van der Waals surface area contributed by atoms with Crippen molar-refractivity contribution >= 4 is 21.6 Å². The number of ether oxygens (including phenoxy) is 2. The van der Waals surface area contributed by atoms with E-state index in [9.17, 15) is 13.2 Å². The second-order valence-electron chi connectivity index (χ2n) is 7.38. The molecule has 8 heteroatoms. The van der Waals surface area contributed by atoms with Crippen molar-refractivity contribution < 1.29 is 22.7 Å². The van der Waals surface area contributed by atoms with Crippen molar-refractivity contribution in [3.8, 4) is 11.5 Å². The molecule has 0 saturated heterocycles. The van der Waals surface area contributed by atoms with Gasteiger partial charge in [-0.05, 0) is 51.0 Å². The molecule has 2 aromatic carbocycles. The summed E-state index contributed by atoms with van der Waals surface area (Å²) in [5.41, 5.74) is 3.55. The zero-order valence-corrected chi connectivity index (χ0v) is 18.6. The summed E-state index contributed by atoms with van der Waals surface area (Å²) in [7, 11) is -3.67. The standard InChI is InChI=1S/C22H28N2O5S/c1-5-30(26,27)24(18-8-9-20-21(13-18)29-11-10-28-20)14-22(25)23-17(4)19-12-15(2)6-7-16(19)3/h6-9,12-13,17H,5,10-11,14H2,1-4H3,(H,23,25)/t17-/m0/s1. The molecule has 162 valence electrons. The maximum absolute atomic E-state index is 12.8. The number of nitrogens with one attached hydrogen (secondary N) is 1. The smallest absolute Gasteiger partial charge is 0.241 e. The van der Waals surface area contributed by atoms with Crippen LogP contribution in [0.15, 0.2) is 36.4 Å². The first-order chi connectivity index (χ1) is 14.2. The number of fused-ring (bicyclic) bond motifs is 1. The van der Waals surface area contributed by atoms with Crippen molar-refractivity contribution in [1.29, 1.82) is 0 Å². The Kier molecular flexibility index (Phi) is 6.55. The van der Waals surface area contributed by atoms with E-state index in [-0.39, 0.29) is 24.2 Å². The molecule has 0 aromatic heterocycles. The van der Waals surface area contributed by atoms with E-state index in [0.29, 0.717) is 30.4 Å². The molecule has 1 heterocycles. The molecule has 30 heavy (non-hydrogen) atoms. The highest BCUT2D eigenvalue weighted by Crippen LogP contribution is 2.34. The van der Waals surface area contributed by atoms with Gasteiger partial charge in [0.15, 0.2) is 11.5 Å². The number of rotatable bonds is 7.